The number of hydrogen-bond donors (Lipinski definition) is 1. The van der Waals surface area contributed by atoms with E-state index in [0.717, 1.165) is 16.7 Å². The average Bonchev–Trinajstić information content (AvgIpc) is 2.83. The Balaban J connectivity index is 1.94. The van der Waals surface area contributed by atoms with Gasteiger partial charge in [0.25, 0.3) is 11.1 Å². The van der Waals surface area contributed by atoms with Gasteiger partial charge in [0.1, 0.15) is 5.75 Å². The summed E-state index contributed by atoms with van der Waals surface area (Å²) in [6.45, 7) is 1.22. The SMILES string of the molecule is CC(C)CC(=O)NCCN1C(=O)SC(=Cc2ccc(OC(F)F)cc2)C1=O. The molecule has 3 amide bonds. The monoisotopic (exact) mass is 398 g/mol. The maximum atomic E-state index is 12.4. The van der Waals surface area contributed by atoms with Gasteiger partial charge >= 0.3 is 6.61 Å². The van der Waals surface area contributed by atoms with Crippen LogP contribution in [-0.4, -0.2) is 41.7 Å². The first kappa shape index (κ1) is 20.9. The lowest BCUT2D eigenvalue weighted by Gasteiger charge is -2.13. The van der Waals surface area contributed by atoms with Gasteiger partial charge in [0, 0.05) is 19.5 Å². The van der Waals surface area contributed by atoms with Crippen LogP contribution in [0, 0.1) is 5.92 Å². The predicted octanol–water partition coefficient (Wildman–Crippen LogP) is 3.49. The molecule has 9 heteroatoms. The molecule has 1 fully saturated rings. The van der Waals surface area contributed by atoms with Crippen LogP contribution in [0.25, 0.3) is 6.08 Å². The molecule has 0 aliphatic carbocycles. The van der Waals surface area contributed by atoms with E-state index in [0.29, 0.717) is 12.0 Å². The van der Waals surface area contributed by atoms with Crippen LogP contribution in [0.5, 0.6) is 5.75 Å². The zero-order valence-corrected chi connectivity index (χ0v) is 15.7. The summed E-state index contributed by atoms with van der Waals surface area (Å²) >= 11 is 0.796. The molecule has 0 aromatic heterocycles. The van der Waals surface area contributed by atoms with Crippen molar-refractivity contribution < 1.29 is 27.9 Å². The highest BCUT2D eigenvalue weighted by Crippen LogP contribution is 2.32. The van der Waals surface area contributed by atoms with Crippen LogP contribution in [0.2, 0.25) is 0 Å². The molecule has 1 aliphatic heterocycles. The summed E-state index contributed by atoms with van der Waals surface area (Å²) in [6, 6.07) is 5.73. The normalized spacial score (nSPS) is 15.9. The summed E-state index contributed by atoms with van der Waals surface area (Å²) in [5, 5.41) is 2.26. The zero-order chi connectivity index (χ0) is 20.0. The summed E-state index contributed by atoms with van der Waals surface area (Å²) < 4.78 is 28.6. The minimum atomic E-state index is -2.91. The number of carbonyl (C=O) groups is 3. The second-order valence-corrected chi connectivity index (χ2v) is 7.22. The van der Waals surface area contributed by atoms with Crippen LogP contribution in [-0.2, 0) is 9.59 Å². The second kappa shape index (κ2) is 9.50. The Morgan fingerprint density at radius 2 is 1.93 bits per heavy atom. The molecule has 1 N–H and O–H groups in total. The number of nitrogens with one attached hydrogen (secondary N) is 1. The fourth-order valence-electron chi connectivity index (χ4n) is 2.34. The quantitative estimate of drug-likeness (QED) is 0.679. The maximum Gasteiger partial charge on any atom is 0.387 e. The number of thioether (sulfide) groups is 1. The van der Waals surface area contributed by atoms with Gasteiger partial charge in [0.15, 0.2) is 0 Å². The number of ether oxygens (including phenoxy) is 1. The molecule has 0 radical (unpaired) electrons. The Bertz CT molecular complexity index is 735. The van der Waals surface area contributed by atoms with E-state index in [1.54, 1.807) is 0 Å². The Morgan fingerprint density at radius 3 is 2.52 bits per heavy atom. The molecule has 146 valence electrons. The number of rotatable bonds is 8. The summed E-state index contributed by atoms with van der Waals surface area (Å²) in [4.78, 5) is 37.3. The molecule has 0 atom stereocenters. The number of amides is 3. The van der Waals surface area contributed by atoms with Crippen molar-refractivity contribution in [1.82, 2.24) is 10.2 Å². The van der Waals surface area contributed by atoms with E-state index < -0.39 is 17.8 Å². The summed E-state index contributed by atoms with van der Waals surface area (Å²) in [5.41, 5.74) is 0.576. The third-order valence-corrected chi connectivity index (χ3v) is 4.44. The molecule has 0 saturated carbocycles. The number of imide groups is 1. The fourth-order valence-corrected chi connectivity index (χ4v) is 3.20. The van der Waals surface area contributed by atoms with Gasteiger partial charge in [-0.3, -0.25) is 19.3 Å². The Labute approximate surface area is 159 Å². The first-order chi connectivity index (χ1) is 12.8. The number of halogens is 2. The van der Waals surface area contributed by atoms with E-state index in [4.69, 9.17) is 0 Å². The molecule has 0 bridgehead atoms. The lowest BCUT2D eigenvalue weighted by Crippen LogP contribution is -2.37. The summed E-state index contributed by atoms with van der Waals surface area (Å²) in [6.07, 6.45) is 1.89. The Morgan fingerprint density at radius 1 is 1.26 bits per heavy atom. The lowest BCUT2D eigenvalue weighted by atomic mass is 10.1. The van der Waals surface area contributed by atoms with Crippen molar-refractivity contribution in [1.29, 1.82) is 0 Å². The largest absolute Gasteiger partial charge is 0.435 e. The minimum Gasteiger partial charge on any atom is -0.435 e. The maximum absolute atomic E-state index is 12.4. The zero-order valence-electron chi connectivity index (χ0n) is 14.9. The number of hydrogen-bond acceptors (Lipinski definition) is 5. The molecule has 1 aromatic carbocycles. The van der Waals surface area contributed by atoms with Gasteiger partial charge < -0.3 is 10.1 Å². The Hall–Kier alpha value is -2.42. The molecule has 0 spiro atoms. The highest BCUT2D eigenvalue weighted by Gasteiger charge is 2.34. The number of carbonyl (C=O) groups excluding carboxylic acids is 3. The van der Waals surface area contributed by atoms with Crippen molar-refractivity contribution in [2.75, 3.05) is 13.1 Å². The van der Waals surface area contributed by atoms with Crippen molar-refractivity contribution in [3.63, 3.8) is 0 Å². The van der Waals surface area contributed by atoms with E-state index in [1.807, 2.05) is 13.8 Å². The van der Waals surface area contributed by atoms with Crippen LogP contribution >= 0.6 is 11.8 Å². The van der Waals surface area contributed by atoms with Crippen molar-refractivity contribution in [2.45, 2.75) is 26.9 Å². The van der Waals surface area contributed by atoms with Gasteiger partial charge in [-0.25, -0.2) is 0 Å². The topological polar surface area (TPSA) is 75.7 Å². The van der Waals surface area contributed by atoms with E-state index in [1.165, 1.54) is 30.3 Å². The molecule has 1 aromatic rings. The fraction of sp³-hybridized carbons (Fsp3) is 0.389. The molecule has 2 rings (SSSR count). The van der Waals surface area contributed by atoms with Crippen LogP contribution in [0.3, 0.4) is 0 Å². The number of alkyl halides is 2. The number of nitrogens with zero attached hydrogens (tertiary/aromatic N) is 1. The molecule has 0 unspecified atom stereocenters. The minimum absolute atomic E-state index is 0.00685. The molecular formula is C18H20F2N2O4S. The van der Waals surface area contributed by atoms with Gasteiger partial charge in [0.2, 0.25) is 5.91 Å². The van der Waals surface area contributed by atoms with Gasteiger partial charge in [0.05, 0.1) is 4.91 Å². The van der Waals surface area contributed by atoms with Crippen molar-refractivity contribution >= 4 is 34.9 Å². The summed E-state index contributed by atoms with van der Waals surface area (Å²) in [5.74, 6) is -0.343. The van der Waals surface area contributed by atoms with Gasteiger partial charge in [-0.05, 0) is 41.5 Å². The van der Waals surface area contributed by atoms with Crippen LogP contribution in [0.4, 0.5) is 13.6 Å². The van der Waals surface area contributed by atoms with E-state index in [2.05, 4.69) is 10.1 Å². The predicted molar refractivity (Wildman–Crippen MR) is 98.2 cm³/mol. The third-order valence-electron chi connectivity index (χ3n) is 3.53. The average molecular weight is 398 g/mol. The molecule has 6 nitrogen and oxygen atoms in total. The van der Waals surface area contributed by atoms with Crippen LogP contribution in [0.15, 0.2) is 29.2 Å². The highest BCUT2D eigenvalue weighted by molar-refractivity contribution is 8.18. The van der Waals surface area contributed by atoms with Crippen molar-refractivity contribution in [3.05, 3.63) is 34.7 Å². The van der Waals surface area contributed by atoms with Crippen molar-refractivity contribution in [2.24, 2.45) is 5.92 Å². The van der Waals surface area contributed by atoms with Gasteiger partial charge in [-0.2, -0.15) is 8.78 Å². The Kier molecular flexibility index (Phi) is 7.35. The molecule has 1 aliphatic rings. The van der Waals surface area contributed by atoms with E-state index in [9.17, 15) is 23.2 Å². The van der Waals surface area contributed by atoms with Crippen LogP contribution < -0.4 is 10.1 Å². The van der Waals surface area contributed by atoms with Crippen LogP contribution in [0.1, 0.15) is 25.8 Å². The molecule has 1 heterocycles. The lowest BCUT2D eigenvalue weighted by molar-refractivity contribution is -0.124. The number of benzene rings is 1. The highest BCUT2D eigenvalue weighted by atomic mass is 32.2. The first-order valence-corrected chi connectivity index (χ1v) is 9.15. The molecule has 27 heavy (non-hydrogen) atoms. The van der Waals surface area contributed by atoms with Crippen molar-refractivity contribution in [3.8, 4) is 5.75 Å². The third kappa shape index (κ3) is 6.35. The smallest absolute Gasteiger partial charge is 0.387 e. The van der Waals surface area contributed by atoms with E-state index >= 15 is 0 Å². The first-order valence-electron chi connectivity index (χ1n) is 8.33. The standard InChI is InChI=1S/C18H20F2N2O4S/c1-11(2)9-15(23)21-7-8-22-16(24)14(27-18(22)25)10-12-3-5-13(6-4-12)26-17(19)20/h3-6,10-11,17H,7-9H2,1-2H3,(H,21,23). The second-order valence-electron chi connectivity index (χ2n) is 6.23. The van der Waals surface area contributed by atoms with Gasteiger partial charge in [-0.1, -0.05) is 26.0 Å². The molecular weight excluding hydrogens is 378 g/mol. The van der Waals surface area contributed by atoms with Gasteiger partial charge in [-0.15, -0.1) is 0 Å². The summed E-state index contributed by atoms with van der Waals surface area (Å²) in [7, 11) is 0. The molecule has 1 saturated heterocycles. The van der Waals surface area contributed by atoms with E-state index in [-0.39, 0.29) is 35.6 Å².